The fourth-order valence-electron chi connectivity index (χ4n) is 1.81. The summed E-state index contributed by atoms with van der Waals surface area (Å²) in [6.45, 7) is 5.14. The number of aryl methyl sites for hydroxylation is 1. The zero-order chi connectivity index (χ0) is 14.4. The van der Waals surface area contributed by atoms with Crippen molar-refractivity contribution in [3.05, 3.63) is 29.3 Å². The number of esters is 1. The number of primary amides is 1. The fraction of sp³-hybridized carbons (Fsp3) is 0.429. The molecule has 0 saturated carbocycles. The van der Waals surface area contributed by atoms with Crippen LogP contribution in [0.25, 0.3) is 0 Å². The molecule has 0 saturated heterocycles. The summed E-state index contributed by atoms with van der Waals surface area (Å²) in [6, 6.07) is 5.34. The Bertz CT molecular complexity index is 471. The van der Waals surface area contributed by atoms with Crippen molar-refractivity contribution in [3.63, 3.8) is 0 Å². The normalized spacial score (nSPS) is 11.7. The Morgan fingerprint density at radius 2 is 2.05 bits per heavy atom. The van der Waals surface area contributed by atoms with Gasteiger partial charge in [0.1, 0.15) is 11.9 Å². The average molecular weight is 265 g/mol. The molecule has 1 rings (SSSR count). The summed E-state index contributed by atoms with van der Waals surface area (Å²) < 4.78 is 10.1. The lowest BCUT2D eigenvalue weighted by Gasteiger charge is -2.15. The molecule has 1 atom stereocenters. The predicted molar refractivity (Wildman–Crippen MR) is 70.8 cm³/mol. The Kier molecular flexibility index (Phi) is 5.36. The first kappa shape index (κ1) is 15.0. The second kappa shape index (κ2) is 6.78. The molecule has 0 fully saturated rings. The van der Waals surface area contributed by atoms with E-state index in [-0.39, 0.29) is 5.97 Å². The topological polar surface area (TPSA) is 78.6 Å². The first-order valence-electron chi connectivity index (χ1n) is 6.21. The lowest BCUT2D eigenvalue weighted by atomic mass is 10.0. The third-order valence-electron chi connectivity index (χ3n) is 2.62. The minimum Gasteiger partial charge on any atom is -0.442 e. The predicted octanol–water partition coefficient (Wildman–Crippen LogP) is 2.72. The first-order valence-corrected chi connectivity index (χ1v) is 6.21. The molecule has 0 aliphatic heterocycles. The number of hydrogen-bond donors (Lipinski definition) is 1. The lowest BCUT2D eigenvalue weighted by molar-refractivity contribution is -0.131. The fourth-order valence-corrected chi connectivity index (χ4v) is 1.81. The second-order valence-corrected chi connectivity index (χ2v) is 4.29. The van der Waals surface area contributed by atoms with E-state index in [9.17, 15) is 9.59 Å². The first-order chi connectivity index (χ1) is 8.93. The van der Waals surface area contributed by atoms with Crippen LogP contribution in [0.4, 0.5) is 4.79 Å². The molecule has 2 N–H and O–H groups in total. The van der Waals surface area contributed by atoms with Gasteiger partial charge in [-0.15, -0.1) is 0 Å². The number of carbonyl (C=O) groups is 2. The number of hydrogen-bond acceptors (Lipinski definition) is 4. The Balaban J connectivity index is 3.00. The van der Waals surface area contributed by atoms with Crippen molar-refractivity contribution >= 4 is 12.1 Å². The molecular weight excluding hydrogens is 246 g/mol. The maximum Gasteiger partial charge on any atom is 0.405 e. The van der Waals surface area contributed by atoms with E-state index in [1.54, 1.807) is 19.1 Å². The van der Waals surface area contributed by atoms with Crippen LogP contribution in [0.2, 0.25) is 0 Å². The highest BCUT2D eigenvalue weighted by atomic mass is 16.6. The third-order valence-corrected chi connectivity index (χ3v) is 2.62. The van der Waals surface area contributed by atoms with Gasteiger partial charge in [0.25, 0.3) is 0 Å². The Morgan fingerprint density at radius 3 is 2.58 bits per heavy atom. The van der Waals surface area contributed by atoms with Crippen LogP contribution < -0.4 is 10.5 Å². The molecule has 5 heteroatoms. The zero-order valence-corrected chi connectivity index (χ0v) is 11.4. The SMILES string of the molecule is CCCc1cc(C(C)OC(N)=O)ccc1OC(C)=O. The van der Waals surface area contributed by atoms with Gasteiger partial charge in [-0.3, -0.25) is 4.79 Å². The van der Waals surface area contributed by atoms with Crippen molar-refractivity contribution in [3.8, 4) is 5.75 Å². The van der Waals surface area contributed by atoms with Gasteiger partial charge < -0.3 is 15.2 Å². The summed E-state index contributed by atoms with van der Waals surface area (Å²) >= 11 is 0. The summed E-state index contributed by atoms with van der Waals surface area (Å²) in [6.07, 6.45) is 0.454. The highest BCUT2D eigenvalue weighted by Gasteiger charge is 2.13. The van der Waals surface area contributed by atoms with Crippen molar-refractivity contribution in [2.45, 2.75) is 39.7 Å². The van der Waals surface area contributed by atoms with E-state index in [1.807, 2.05) is 13.0 Å². The number of ether oxygens (including phenoxy) is 2. The van der Waals surface area contributed by atoms with E-state index >= 15 is 0 Å². The monoisotopic (exact) mass is 265 g/mol. The number of benzene rings is 1. The van der Waals surface area contributed by atoms with Gasteiger partial charge in [-0.2, -0.15) is 0 Å². The van der Waals surface area contributed by atoms with Gasteiger partial charge in [-0.1, -0.05) is 19.4 Å². The highest BCUT2D eigenvalue weighted by Crippen LogP contribution is 2.26. The second-order valence-electron chi connectivity index (χ2n) is 4.29. The number of nitrogens with two attached hydrogens (primary N) is 1. The summed E-state index contributed by atoms with van der Waals surface area (Å²) in [5, 5.41) is 0. The van der Waals surface area contributed by atoms with E-state index in [0.717, 1.165) is 24.0 Å². The van der Waals surface area contributed by atoms with Crippen LogP contribution in [0.3, 0.4) is 0 Å². The molecular formula is C14H19NO4. The molecule has 1 amide bonds. The molecule has 0 spiro atoms. The molecule has 1 aromatic rings. The Hall–Kier alpha value is -2.04. The number of amides is 1. The summed E-state index contributed by atoms with van der Waals surface area (Å²) in [5.74, 6) is 0.191. The zero-order valence-electron chi connectivity index (χ0n) is 11.4. The minimum atomic E-state index is -0.811. The smallest absolute Gasteiger partial charge is 0.405 e. The molecule has 0 aliphatic rings. The van der Waals surface area contributed by atoms with E-state index in [0.29, 0.717) is 5.75 Å². The van der Waals surface area contributed by atoms with Crippen LogP contribution in [-0.4, -0.2) is 12.1 Å². The van der Waals surface area contributed by atoms with E-state index in [2.05, 4.69) is 0 Å². The molecule has 0 aliphatic carbocycles. The largest absolute Gasteiger partial charge is 0.442 e. The van der Waals surface area contributed by atoms with Gasteiger partial charge in [0, 0.05) is 6.92 Å². The van der Waals surface area contributed by atoms with Crippen LogP contribution in [0.1, 0.15) is 44.4 Å². The van der Waals surface area contributed by atoms with Crippen LogP contribution >= 0.6 is 0 Å². The van der Waals surface area contributed by atoms with Crippen LogP contribution in [0.15, 0.2) is 18.2 Å². The molecule has 19 heavy (non-hydrogen) atoms. The van der Waals surface area contributed by atoms with Gasteiger partial charge in [0.05, 0.1) is 0 Å². The number of carbonyl (C=O) groups excluding carboxylic acids is 2. The van der Waals surface area contributed by atoms with Gasteiger partial charge in [-0.25, -0.2) is 4.79 Å². The van der Waals surface area contributed by atoms with Gasteiger partial charge >= 0.3 is 12.1 Å². The molecule has 1 unspecified atom stereocenters. The molecule has 0 heterocycles. The molecule has 104 valence electrons. The third kappa shape index (κ3) is 4.62. The summed E-state index contributed by atoms with van der Waals surface area (Å²) in [5.41, 5.74) is 6.72. The number of rotatable bonds is 5. The van der Waals surface area contributed by atoms with Crippen molar-refractivity contribution in [1.82, 2.24) is 0 Å². The van der Waals surface area contributed by atoms with E-state index in [4.69, 9.17) is 15.2 Å². The molecule has 5 nitrogen and oxygen atoms in total. The average Bonchev–Trinajstić information content (AvgIpc) is 2.30. The van der Waals surface area contributed by atoms with E-state index in [1.165, 1.54) is 6.92 Å². The molecule has 0 aromatic heterocycles. The van der Waals surface area contributed by atoms with Crippen molar-refractivity contribution in [2.24, 2.45) is 5.73 Å². The van der Waals surface area contributed by atoms with Crippen LogP contribution in [0, 0.1) is 0 Å². The summed E-state index contributed by atoms with van der Waals surface area (Å²) in [4.78, 5) is 21.8. The van der Waals surface area contributed by atoms with E-state index < -0.39 is 12.2 Å². The maximum absolute atomic E-state index is 11.0. The molecule has 0 radical (unpaired) electrons. The van der Waals surface area contributed by atoms with Crippen molar-refractivity contribution in [2.75, 3.05) is 0 Å². The van der Waals surface area contributed by atoms with Gasteiger partial charge in [-0.05, 0) is 36.6 Å². The highest BCUT2D eigenvalue weighted by molar-refractivity contribution is 5.70. The quantitative estimate of drug-likeness (QED) is 0.655. The molecule has 0 bridgehead atoms. The minimum absolute atomic E-state index is 0.355. The molecule has 1 aromatic carbocycles. The Labute approximate surface area is 112 Å². The summed E-state index contributed by atoms with van der Waals surface area (Å²) in [7, 11) is 0. The van der Waals surface area contributed by atoms with Crippen LogP contribution in [0.5, 0.6) is 5.75 Å². The lowest BCUT2D eigenvalue weighted by Crippen LogP contribution is -2.15. The van der Waals surface area contributed by atoms with Crippen molar-refractivity contribution < 1.29 is 19.1 Å². The van der Waals surface area contributed by atoms with Crippen molar-refractivity contribution in [1.29, 1.82) is 0 Å². The van der Waals surface area contributed by atoms with Gasteiger partial charge in [0.15, 0.2) is 0 Å². The van der Waals surface area contributed by atoms with Crippen LogP contribution in [-0.2, 0) is 16.0 Å². The van der Waals surface area contributed by atoms with Gasteiger partial charge in [0.2, 0.25) is 0 Å². The maximum atomic E-state index is 11.0. The Morgan fingerprint density at radius 1 is 1.37 bits per heavy atom. The standard InChI is InChI=1S/C14H19NO4/c1-4-5-12-8-11(9(2)18-14(15)17)6-7-13(12)19-10(3)16/h6-9H,4-5H2,1-3H3,(H2,15,17).